The van der Waals surface area contributed by atoms with E-state index in [0.717, 1.165) is 0 Å². The van der Waals surface area contributed by atoms with E-state index in [1.807, 2.05) is 0 Å². The van der Waals surface area contributed by atoms with E-state index in [0.29, 0.717) is 0 Å². The zero-order chi connectivity index (χ0) is 12.0. The van der Waals surface area contributed by atoms with Crippen molar-refractivity contribution in [3.63, 3.8) is 0 Å². The van der Waals surface area contributed by atoms with Gasteiger partial charge in [0.2, 0.25) is 5.91 Å². The molecule has 0 radical (unpaired) electrons. The Morgan fingerprint density at radius 2 is 1.67 bits per heavy atom. The molecule has 0 aromatic heterocycles. The molecule has 0 aromatic carbocycles. The van der Waals surface area contributed by atoms with Crippen molar-refractivity contribution >= 4 is 11.7 Å². The molecule has 0 heterocycles. The van der Waals surface area contributed by atoms with Crippen LogP contribution < -0.4 is 5.73 Å². The van der Waals surface area contributed by atoms with Gasteiger partial charge >= 0.3 is 0 Å². The molecule has 1 amide bonds. The Kier molecular flexibility index (Phi) is 6.02. The average molecular weight is 221 g/mol. The Labute approximate surface area is 86.1 Å². The lowest BCUT2D eigenvalue weighted by atomic mass is 10.0. The van der Waals surface area contributed by atoms with Crippen LogP contribution in [0, 0.1) is 0 Å². The maximum Gasteiger partial charge on any atom is 0.224 e. The van der Waals surface area contributed by atoms with E-state index in [-0.39, 0.29) is 0 Å². The minimum Gasteiger partial charge on any atom is -0.394 e. The summed E-state index contributed by atoms with van der Waals surface area (Å²) in [6.07, 6.45) is -5.72. The maximum atomic E-state index is 11.0. The predicted octanol–water partition coefficient (Wildman–Crippen LogP) is -3.10. The smallest absolute Gasteiger partial charge is 0.224 e. The number of hydrogen-bond acceptors (Lipinski definition) is 6. The Balaban J connectivity index is 4.06. The number of aliphatic hydroxyl groups excluding tert-OH is 4. The molecule has 0 rings (SSSR count). The molecule has 0 aliphatic rings. The summed E-state index contributed by atoms with van der Waals surface area (Å²) in [7, 11) is 0. The van der Waals surface area contributed by atoms with Crippen LogP contribution >= 0.6 is 0 Å². The first-order valence-corrected chi connectivity index (χ1v) is 4.33. The van der Waals surface area contributed by atoms with Gasteiger partial charge in [-0.2, -0.15) is 0 Å². The summed E-state index contributed by atoms with van der Waals surface area (Å²) >= 11 is 0. The fourth-order valence-electron chi connectivity index (χ4n) is 0.985. The van der Waals surface area contributed by atoms with Gasteiger partial charge in [-0.25, -0.2) is 0 Å². The maximum absolute atomic E-state index is 11.0. The fraction of sp³-hybridized carbons (Fsp3) is 0.750. The van der Waals surface area contributed by atoms with Crippen LogP contribution in [-0.4, -0.2) is 57.0 Å². The topological polar surface area (TPSA) is 141 Å². The molecule has 6 N–H and O–H groups in total. The first-order chi connectivity index (χ1) is 6.88. The number of ketones is 1. The minimum atomic E-state index is -1.63. The van der Waals surface area contributed by atoms with E-state index >= 15 is 0 Å². The second-order valence-corrected chi connectivity index (χ2v) is 3.19. The summed E-state index contributed by atoms with van der Waals surface area (Å²) in [5, 5.41) is 35.7. The third kappa shape index (κ3) is 5.43. The van der Waals surface area contributed by atoms with Crippen molar-refractivity contribution in [2.75, 3.05) is 6.61 Å². The molecule has 0 unspecified atom stereocenters. The van der Waals surface area contributed by atoms with Gasteiger partial charge in [0, 0.05) is 6.42 Å². The lowest BCUT2D eigenvalue weighted by Gasteiger charge is -2.20. The van der Waals surface area contributed by atoms with Crippen molar-refractivity contribution in [2.24, 2.45) is 5.73 Å². The lowest BCUT2D eigenvalue weighted by molar-refractivity contribution is -0.130. The summed E-state index contributed by atoms with van der Waals surface area (Å²) in [4.78, 5) is 21.3. The highest BCUT2D eigenvalue weighted by Crippen LogP contribution is 2.05. The molecule has 0 bridgehead atoms. The predicted molar refractivity (Wildman–Crippen MR) is 48.5 cm³/mol. The van der Waals surface area contributed by atoms with Gasteiger partial charge in [0.15, 0.2) is 0 Å². The number of Topliss-reactive ketones (excluding diaryl/α,β-unsaturated/α-hetero) is 1. The minimum absolute atomic E-state index is 0.499. The summed E-state index contributed by atoms with van der Waals surface area (Å²) in [6.45, 7) is -0.734. The van der Waals surface area contributed by atoms with Crippen LogP contribution in [0.2, 0.25) is 0 Å². The van der Waals surface area contributed by atoms with Crippen molar-refractivity contribution in [2.45, 2.75) is 31.2 Å². The molecule has 0 aliphatic heterocycles. The first-order valence-electron chi connectivity index (χ1n) is 4.33. The number of amides is 1. The molecule has 7 nitrogen and oxygen atoms in total. The quantitative estimate of drug-likeness (QED) is 0.288. The van der Waals surface area contributed by atoms with Crippen molar-refractivity contribution in [1.29, 1.82) is 0 Å². The summed E-state index contributed by atoms with van der Waals surface area (Å²) in [5.41, 5.74) is 4.74. The highest BCUT2D eigenvalue weighted by atomic mass is 16.4. The molecule has 0 spiro atoms. The van der Waals surface area contributed by atoms with Crippen LogP contribution in [0.25, 0.3) is 0 Å². The van der Waals surface area contributed by atoms with Crippen molar-refractivity contribution in [3.8, 4) is 0 Å². The second-order valence-electron chi connectivity index (χ2n) is 3.19. The molecular weight excluding hydrogens is 206 g/mol. The fourth-order valence-corrected chi connectivity index (χ4v) is 0.985. The van der Waals surface area contributed by atoms with Crippen LogP contribution in [0.15, 0.2) is 0 Å². The molecule has 7 heteroatoms. The monoisotopic (exact) mass is 221 g/mol. The molecule has 0 saturated heterocycles. The molecule has 0 saturated carbocycles. The number of nitrogens with two attached hydrogens (primary N) is 1. The number of primary amides is 1. The SMILES string of the molecule is NC(=O)CC(=O)C[C@@H](O)[C@H](O)[C@H](O)CO. The van der Waals surface area contributed by atoms with Crippen molar-refractivity contribution in [1.82, 2.24) is 0 Å². The molecule has 0 aromatic rings. The van der Waals surface area contributed by atoms with Gasteiger partial charge in [-0.3, -0.25) is 9.59 Å². The zero-order valence-corrected chi connectivity index (χ0v) is 8.04. The Morgan fingerprint density at radius 1 is 1.13 bits per heavy atom. The van der Waals surface area contributed by atoms with Gasteiger partial charge in [-0.05, 0) is 0 Å². The van der Waals surface area contributed by atoms with Crippen LogP contribution in [0.4, 0.5) is 0 Å². The van der Waals surface area contributed by atoms with Crippen LogP contribution in [0.3, 0.4) is 0 Å². The van der Waals surface area contributed by atoms with Crippen molar-refractivity contribution < 1.29 is 30.0 Å². The van der Waals surface area contributed by atoms with E-state index in [4.69, 9.17) is 21.1 Å². The Hall–Kier alpha value is -1.02. The summed E-state index contributed by atoms with van der Waals surface area (Å²) in [5.74, 6) is -1.47. The standard InChI is InChI=1S/C8H15NO6/c9-7(14)2-4(11)1-5(12)8(15)6(13)3-10/h5-6,8,10,12-13,15H,1-3H2,(H2,9,14)/t5-,6-,8+/m1/s1. The molecule has 0 fully saturated rings. The van der Waals surface area contributed by atoms with Crippen LogP contribution in [-0.2, 0) is 9.59 Å². The average Bonchev–Trinajstić information content (AvgIpc) is 2.13. The summed E-state index contributed by atoms with van der Waals surface area (Å²) in [6, 6.07) is 0. The molecule has 3 atom stereocenters. The number of rotatable bonds is 7. The van der Waals surface area contributed by atoms with E-state index in [1.165, 1.54) is 0 Å². The molecule has 88 valence electrons. The number of aliphatic hydroxyl groups is 4. The third-order valence-electron chi connectivity index (χ3n) is 1.78. The van der Waals surface area contributed by atoms with Crippen molar-refractivity contribution in [3.05, 3.63) is 0 Å². The normalized spacial score (nSPS) is 16.8. The molecular formula is C8H15NO6. The highest BCUT2D eigenvalue weighted by molar-refractivity contribution is 5.97. The Bertz CT molecular complexity index is 231. The number of hydrogen-bond donors (Lipinski definition) is 5. The van der Waals surface area contributed by atoms with Gasteiger partial charge in [0.25, 0.3) is 0 Å². The lowest BCUT2D eigenvalue weighted by Crippen LogP contribution is -2.40. The third-order valence-corrected chi connectivity index (χ3v) is 1.78. The van der Waals surface area contributed by atoms with Gasteiger partial charge in [-0.1, -0.05) is 0 Å². The van der Waals surface area contributed by atoms with Crippen LogP contribution in [0.1, 0.15) is 12.8 Å². The van der Waals surface area contributed by atoms with E-state index in [1.54, 1.807) is 0 Å². The molecule has 0 aliphatic carbocycles. The number of carbonyl (C=O) groups excluding carboxylic acids is 2. The highest BCUT2D eigenvalue weighted by Gasteiger charge is 2.26. The van der Waals surface area contributed by atoms with Crippen LogP contribution in [0.5, 0.6) is 0 Å². The second kappa shape index (κ2) is 6.46. The first kappa shape index (κ1) is 14.0. The van der Waals surface area contributed by atoms with Gasteiger partial charge < -0.3 is 26.2 Å². The van der Waals surface area contributed by atoms with E-state index < -0.39 is 49.5 Å². The van der Waals surface area contributed by atoms with Gasteiger partial charge in [0.05, 0.1) is 19.1 Å². The largest absolute Gasteiger partial charge is 0.394 e. The van der Waals surface area contributed by atoms with Gasteiger partial charge in [0.1, 0.15) is 18.0 Å². The zero-order valence-electron chi connectivity index (χ0n) is 8.04. The van der Waals surface area contributed by atoms with Gasteiger partial charge in [-0.15, -0.1) is 0 Å². The summed E-state index contributed by atoms with van der Waals surface area (Å²) < 4.78 is 0. The number of carbonyl (C=O) groups is 2. The molecule has 15 heavy (non-hydrogen) atoms. The van der Waals surface area contributed by atoms with E-state index in [2.05, 4.69) is 0 Å². The Morgan fingerprint density at radius 3 is 2.07 bits per heavy atom. The van der Waals surface area contributed by atoms with E-state index in [9.17, 15) is 14.7 Å².